The van der Waals surface area contributed by atoms with Crippen molar-refractivity contribution in [1.82, 2.24) is 0 Å². The molecule has 1 aromatic rings. The van der Waals surface area contributed by atoms with Crippen LogP contribution in [0, 0.1) is 0 Å². The molecule has 0 amide bonds. The lowest BCUT2D eigenvalue weighted by Gasteiger charge is -2.36. The van der Waals surface area contributed by atoms with E-state index in [1.807, 2.05) is 71.9 Å². The molecule has 1 rings (SSSR count). The molecule has 0 radical (unpaired) electrons. The van der Waals surface area contributed by atoms with Crippen LogP contribution in [-0.2, 0) is 9.09 Å². The highest BCUT2D eigenvalue weighted by Crippen LogP contribution is 2.59. The van der Waals surface area contributed by atoms with Gasteiger partial charge in [-0.3, -0.25) is 4.57 Å². The Kier molecular flexibility index (Phi) is 3.91. The van der Waals surface area contributed by atoms with Crippen LogP contribution in [0.15, 0.2) is 30.3 Å². The van der Waals surface area contributed by atoms with E-state index in [9.17, 15) is 4.57 Å². The van der Waals surface area contributed by atoms with Gasteiger partial charge in [0.25, 0.3) is 0 Å². The van der Waals surface area contributed by atoms with Gasteiger partial charge < -0.3 is 4.52 Å². The maximum absolute atomic E-state index is 13.2. The monoisotopic (exact) mass is 254 g/mol. The largest absolute Gasteiger partial charge is 0.319 e. The van der Waals surface area contributed by atoms with E-state index in [4.69, 9.17) is 4.52 Å². The minimum Gasteiger partial charge on any atom is -0.319 e. The lowest BCUT2D eigenvalue weighted by atomic mass is 10.2. The number of hydrogen-bond acceptors (Lipinski definition) is 2. The van der Waals surface area contributed by atoms with Crippen molar-refractivity contribution in [1.29, 1.82) is 0 Å². The molecule has 0 bridgehead atoms. The van der Waals surface area contributed by atoms with E-state index in [1.54, 1.807) is 0 Å². The van der Waals surface area contributed by atoms with Gasteiger partial charge in [0.1, 0.15) is 0 Å². The van der Waals surface area contributed by atoms with Crippen molar-refractivity contribution in [3.8, 4) is 0 Å². The van der Waals surface area contributed by atoms with Crippen LogP contribution >= 0.6 is 7.37 Å². The Labute approximate surface area is 105 Å². The number of benzene rings is 1. The molecule has 0 N–H and O–H groups in total. The molecule has 1 aromatic carbocycles. The smallest absolute Gasteiger partial charge is 0.237 e. The summed E-state index contributed by atoms with van der Waals surface area (Å²) in [5, 5.41) is 0.393. The van der Waals surface area contributed by atoms with Crippen molar-refractivity contribution >= 4 is 12.7 Å². The van der Waals surface area contributed by atoms with Crippen LogP contribution in [0.5, 0.6) is 0 Å². The topological polar surface area (TPSA) is 26.3 Å². The van der Waals surface area contributed by atoms with Gasteiger partial charge in [-0.1, -0.05) is 39.0 Å². The Morgan fingerprint density at radius 3 is 1.76 bits per heavy atom. The minimum absolute atomic E-state index is 0.401. The van der Waals surface area contributed by atoms with Crippen molar-refractivity contribution in [2.24, 2.45) is 0 Å². The van der Waals surface area contributed by atoms with Gasteiger partial charge in [0.15, 0.2) is 0 Å². The van der Waals surface area contributed by atoms with E-state index >= 15 is 0 Å². The Morgan fingerprint density at radius 2 is 1.41 bits per heavy atom. The van der Waals surface area contributed by atoms with Crippen molar-refractivity contribution in [3.63, 3.8) is 0 Å². The van der Waals surface area contributed by atoms with Crippen LogP contribution in [0.4, 0.5) is 0 Å². The molecule has 0 saturated carbocycles. The molecule has 0 aliphatic carbocycles. The molecule has 0 aliphatic heterocycles. The Hall–Kier alpha value is -0.590. The summed E-state index contributed by atoms with van der Waals surface area (Å²) in [7, 11) is -2.88. The van der Waals surface area contributed by atoms with Gasteiger partial charge in [-0.15, -0.1) is 0 Å². The van der Waals surface area contributed by atoms with E-state index in [-0.39, 0.29) is 0 Å². The van der Waals surface area contributed by atoms with Gasteiger partial charge >= 0.3 is 0 Å². The summed E-state index contributed by atoms with van der Waals surface area (Å²) in [5.41, 5.74) is -0.418. The molecule has 1 atom stereocenters. The second kappa shape index (κ2) is 4.59. The first-order chi connectivity index (χ1) is 7.56. The Balaban J connectivity index is 3.27. The van der Waals surface area contributed by atoms with Crippen molar-refractivity contribution in [2.45, 2.75) is 52.3 Å². The van der Waals surface area contributed by atoms with E-state index in [0.29, 0.717) is 0 Å². The second-order valence-electron chi connectivity index (χ2n) is 6.26. The fourth-order valence-electron chi connectivity index (χ4n) is 1.59. The predicted molar refractivity (Wildman–Crippen MR) is 74.3 cm³/mol. The molecular weight excluding hydrogens is 231 g/mol. The first kappa shape index (κ1) is 14.5. The molecule has 0 aliphatic rings. The fraction of sp³-hybridized carbons (Fsp3) is 0.571. The summed E-state index contributed by atoms with van der Waals surface area (Å²) in [6.07, 6.45) is 0. The summed E-state index contributed by atoms with van der Waals surface area (Å²) >= 11 is 0. The van der Waals surface area contributed by atoms with Crippen LogP contribution < -0.4 is 5.30 Å². The average Bonchev–Trinajstić information content (AvgIpc) is 2.14. The summed E-state index contributed by atoms with van der Waals surface area (Å²) in [6, 6.07) is 9.50. The summed E-state index contributed by atoms with van der Waals surface area (Å²) in [4.78, 5) is 0. The zero-order valence-corrected chi connectivity index (χ0v) is 12.5. The van der Waals surface area contributed by atoms with E-state index < -0.39 is 18.1 Å². The molecule has 0 spiro atoms. The lowest BCUT2D eigenvalue weighted by Crippen LogP contribution is -2.30. The zero-order valence-electron chi connectivity index (χ0n) is 11.7. The van der Waals surface area contributed by atoms with Gasteiger partial charge in [-0.2, -0.15) is 0 Å². The van der Waals surface area contributed by atoms with Crippen LogP contribution in [-0.4, -0.2) is 10.8 Å². The van der Waals surface area contributed by atoms with Crippen LogP contribution in [0.2, 0.25) is 0 Å². The van der Waals surface area contributed by atoms with Gasteiger partial charge in [-0.05, 0) is 32.9 Å². The minimum atomic E-state index is -2.88. The highest BCUT2D eigenvalue weighted by molar-refractivity contribution is 7.68. The first-order valence-electron chi connectivity index (χ1n) is 5.93. The summed E-state index contributed by atoms with van der Waals surface area (Å²) in [5.74, 6) is 0. The van der Waals surface area contributed by atoms with E-state index in [1.165, 1.54) is 0 Å². The Morgan fingerprint density at radius 1 is 0.941 bits per heavy atom. The molecular formula is C14H23O2P. The average molecular weight is 254 g/mol. The quantitative estimate of drug-likeness (QED) is 0.739. The standard InChI is InChI=1S/C14H23O2P/c1-13(2,3)16-17(15,14(4,5)6)12-10-8-7-9-11-12/h7-11H,1-6H3. The van der Waals surface area contributed by atoms with Gasteiger partial charge in [0.05, 0.1) is 5.60 Å². The normalized spacial score (nSPS) is 16.6. The molecule has 96 valence electrons. The summed E-state index contributed by atoms with van der Waals surface area (Å²) < 4.78 is 19.2. The van der Waals surface area contributed by atoms with Gasteiger partial charge in [0, 0.05) is 10.5 Å². The number of hydrogen-bond donors (Lipinski definition) is 0. The van der Waals surface area contributed by atoms with Crippen LogP contribution in [0.1, 0.15) is 41.5 Å². The predicted octanol–water partition coefficient (Wildman–Crippen LogP) is 4.20. The summed E-state index contributed by atoms with van der Waals surface area (Å²) in [6.45, 7) is 11.7. The zero-order chi connectivity index (χ0) is 13.3. The van der Waals surface area contributed by atoms with Crippen molar-refractivity contribution < 1.29 is 9.09 Å². The molecule has 3 heteroatoms. The van der Waals surface area contributed by atoms with Crippen LogP contribution in [0.25, 0.3) is 0 Å². The maximum atomic E-state index is 13.2. The molecule has 0 heterocycles. The van der Waals surface area contributed by atoms with Gasteiger partial charge in [0.2, 0.25) is 7.37 Å². The molecule has 0 saturated heterocycles. The third-order valence-corrected chi connectivity index (χ3v) is 5.93. The van der Waals surface area contributed by atoms with E-state index in [2.05, 4.69) is 0 Å². The maximum Gasteiger partial charge on any atom is 0.237 e. The molecule has 2 nitrogen and oxygen atoms in total. The lowest BCUT2D eigenvalue weighted by molar-refractivity contribution is 0.132. The Bertz CT molecular complexity index is 410. The SMILES string of the molecule is CC(C)(C)OP(=O)(c1ccccc1)C(C)(C)C. The highest BCUT2D eigenvalue weighted by Gasteiger charge is 2.42. The molecule has 1 unspecified atom stereocenters. The van der Waals surface area contributed by atoms with Crippen molar-refractivity contribution in [2.75, 3.05) is 0 Å². The van der Waals surface area contributed by atoms with Crippen LogP contribution in [0.3, 0.4) is 0 Å². The third kappa shape index (κ3) is 3.43. The molecule has 17 heavy (non-hydrogen) atoms. The number of rotatable bonds is 2. The first-order valence-corrected chi connectivity index (χ1v) is 7.55. The second-order valence-corrected chi connectivity index (χ2v) is 9.41. The van der Waals surface area contributed by atoms with Crippen molar-refractivity contribution in [3.05, 3.63) is 30.3 Å². The molecule has 0 aromatic heterocycles. The fourth-order valence-corrected chi connectivity index (χ4v) is 4.08. The van der Waals surface area contributed by atoms with E-state index in [0.717, 1.165) is 5.30 Å². The molecule has 0 fully saturated rings. The third-order valence-electron chi connectivity index (χ3n) is 2.38. The highest BCUT2D eigenvalue weighted by atomic mass is 31.2. The van der Waals surface area contributed by atoms with Gasteiger partial charge in [-0.25, -0.2) is 0 Å².